The second kappa shape index (κ2) is 8.15. The summed E-state index contributed by atoms with van der Waals surface area (Å²) in [6.07, 6.45) is 8.30. The van der Waals surface area contributed by atoms with E-state index in [4.69, 9.17) is 0 Å². The minimum absolute atomic E-state index is 0.0263. The number of hydrogen-bond acceptors (Lipinski definition) is 5. The number of carbonyl (C=O) groups excluding carboxylic acids is 2. The number of rotatable bonds is 4. The summed E-state index contributed by atoms with van der Waals surface area (Å²) >= 11 is 1.52. The van der Waals surface area contributed by atoms with Gasteiger partial charge in [-0.25, -0.2) is 0 Å². The third-order valence-corrected chi connectivity index (χ3v) is 7.03. The van der Waals surface area contributed by atoms with Crippen molar-refractivity contribution < 1.29 is 14.7 Å². The Hall–Kier alpha value is -1.66. The smallest absolute Gasteiger partial charge is 0.278 e. The molecule has 0 bridgehead atoms. The molecule has 3 heterocycles. The van der Waals surface area contributed by atoms with Gasteiger partial charge in [-0.15, -0.1) is 11.3 Å². The zero-order valence-electron chi connectivity index (χ0n) is 15.7. The zero-order chi connectivity index (χ0) is 18.8. The van der Waals surface area contributed by atoms with Gasteiger partial charge in [0.1, 0.15) is 5.70 Å². The van der Waals surface area contributed by atoms with Gasteiger partial charge in [0.25, 0.3) is 11.8 Å². The third kappa shape index (κ3) is 3.57. The van der Waals surface area contributed by atoms with E-state index >= 15 is 0 Å². The Morgan fingerprint density at radius 2 is 1.81 bits per heavy atom. The van der Waals surface area contributed by atoms with Crippen LogP contribution in [0.2, 0.25) is 0 Å². The van der Waals surface area contributed by atoms with Gasteiger partial charge in [-0.3, -0.25) is 14.5 Å². The molecule has 2 fully saturated rings. The van der Waals surface area contributed by atoms with Crippen molar-refractivity contribution in [2.24, 2.45) is 5.92 Å². The standard InChI is InChI=1S/C21H28N2O3S/c24-14-15-7-5-11-22(13-15)19-18(17-10-6-12-27-17)20(25)23(21(19)26)16-8-3-1-2-4-9-16/h6,10,12,15-16,24H,1-5,7-9,11,13-14H2. The molecule has 3 aliphatic rings. The summed E-state index contributed by atoms with van der Waals surface area (Å²) in [6, 6.07) is 3.90. The maximum Gasteiger partial charge on any atom is 0.278 e. The Kier molecular flexibility index (Phi) is 5.64. The summed E-state index contributed by atoms with van der Waals surface area (Å²) in [5.74, 6) is -0.0602. The van der Waals surface area contributed by atoms with Gasteiger partial charge in [0.15, 0.2) is 0 Å². The van der Waals surface area contributed by atoms with Crippen LogP contribution in [0.4, 0.5) is 0 Å². The first kappa shape index (κ1) is 18.7. The Morgan fingerprint density at radius 1 is 1.04 bits per heavy atom. The van der Waals surface area contributed by atoms with E-state index in [0.29, 0.717) is 17.8 Å². The van der Waals surface area contributed by atoms with E-state index in [1.165, 1.54) is 24.2 Å². The van der Waals surface area contributed by atoms with Crippen LogP contribution in [0.25, 0.3) is 5.57 Å². The van der Waals surface area contributed by atoms with Gasteiger partial charge in [0.05, 0.1) is 5.57 Å². The van der Waals surface area contributed by atoms with Crippen LogP contribution in [0, 0.1) is 5.92 Å². The highest BCUT2D eigenvalue weighted by molar-refractivity contribution is 7.11. The lowest BCUT2D eigenvalue weighted by Crippen LogP contribution is -2.44. The van der Waals surface area contributed by atoms with Crippen LogP contribution in [0.3, 0.4) is 0 Å². The normalized spacial score (nSPS) is 25.4. The van der Waals surface area contributed by atoms with Crippen LogP contribution in [0.15, 0.2) is 23.2 Å². The molecule has 4 rings (SSSR count). The molecular formula is C21H28N2O3S. The molecule has 27 heavy (non-hydrogen) atoms. The highest BCUT2D eigenvalue weighted by atomic mass is 32.1. The average molecular weight is 389 g/mol. The minimum atomic E-state index is -0.117. The fourth-order valence-electron chi connectivity index (χ4n) is 4.74. The Morgan fingerprint density at radius 3 is 2.48 bits per heavy atom. The van der Waals surface area contributed by atoms with E-state index in [1.807, 2.05) is 17.5 Å². The number of amides is 2. The third-order valence-electron chi connectivity index (χ3n) is 6.14. The largest absolute Gasteiger partial charge is 0.396 e. The van der Waals surface area contributed by atoms with Crippen LogP contribution in [-0.2, 0) is 9.59 Å². The molecule has 146 valence electrons. The van der Waals surface area contributed by atoms with Gasteiger partial charge < -0.3 is 10.0 Å². The second-order valence-corrected chi connectivity index (χ2v) is 8.91. The van der Waals surface area contributed by atoms with Crippen LogP contribution in [-0.4, -0.2) is 52.5 Å². The number of nitrogens with zero attached hydrogens (tertiary/aromatic N) is 2. The van der Waals surface area contributed by atoms with E-state index in [0.717, 1.165) is 49.9 Å². The number of imide groups is 1. The first-order valence-electron chi connectivity index (χ1n) is 10.2. The number of thiophene rings is 1. The molecule has 0 spiro atoms. The van der Waals surface area contributed by atoms with Crippen LogP contribution < -0.4 is 0 Å². The molecule has 1 aromatic rings. The monoisotopic (exact) mass is 388 g/mol. The predicted molar refractivity (Wildman–Crippen MR) is 106 cm³/mol. The molecule has 6 heteroatoms. The molecule has 1 aromatic heterocycles. The molecule has 1 atom stereocenters. The summed E-state index contributed by atoms with van der Waals surface area (Å²) in [7, 11) is 0. The van der Waals surface area contributed by atoms with Crippen molar-refractivity contribution in [2.45, 2.75) is 57.4 Å². The maximum absolute atomic E-state index is 13.5. The van der Waals surface area contributed by atoms with Gasteiger partial charge in [0, 0.05) is 30.6 Å². The summed E-state index contributed by atoms with van der Waals surface area (Å²) in [6.45, 7) is 1.56. The fourth-order valence-corrected chi connectivity index (χ4v) is 5.50. The first-order valence-corrected chi connectivity index (χ1v) is 11.1. The summed E-state index contributed by atoms with van der Waals surface area (Å²) < 4.78 is 0. The van der Waals surface area contributed by atoms with Crippen molar-refractivity contribution in [1.82, 2.24) is 9.80 Å². The van der Waals surface area contributed by atoms with Crippen molar-refractivity contribution in [1.29, 1.82) is 0 Å². The number of aliphatic hydroxyl groups is 1. The number of carbonyl (C=O) groups is 2. The summed E-state index contributed by atoms with van der Waals surface area (Å²) in [5, 5.41) is 11.6. The van der Waals surface area contributed by atoms with E-state index in [-0.39, 0.29) is 30.4 Å². The highest BCUT2D eigenvalue weighted by Gasteiger charge is 2.45. The first-order chi connectivity index (χ1) is 13.2. The van der Waals surface area contributed by atoms with Crippen molar-refractivity contribution in [3.8, 4) is 0 Å². The van der Waals surface area contributed by atoms with E-state index in [2.05, 4.69) is 4.90 Å². The van der Waals surface area contributed by atoms with Gasteiger partial charge >= 0.3 is 0 Å². The van der Waals surface area contributed by atoms with Gasteiger partial charge in [-0.05, 0) is 43.0 Å². The molecule has 2 aliphatic heterocycles. The lowest BCUT2D eigenvalue weighted by atomic mass is 9.98. The molecule has 1 N–H and O–H groups in total. The summed E-state index contributed by atoms with van der Waals surface area (Å²) in [5.41, 5.74) is 1.16. The van der Waals surface area contributed by atoms with Crippen molar-refractivity contribution in [3.05, 3.63) is 28.1 Å². The zero-order valence-corrected chi connectivity index (χ0v) is 16.5. The molecule has 1 saturated carbocycles. The van der Waals surface area contributed by atoms with Crippen LogP contribution >= 0.6 is 11.3 Å². The Labute approximate surface area is 164 Å². The summed E-state index contributed by atoms with van der Waals surface area (Å²) in [4.78, 5) is 31.4. The fraction of sp³-hybridized carbons (Fsp3) is 0.619. The Balaban J connectivity index is 1.70. The number of hydrogen-bond donors (Lipinski definition) is 1. The van der Waals surface area contributed by atoms with E-state index in [9.17, 15) is 14.7 Å². The van der Waals surface area contributed by atoms with Gasteiger partial charge in [-0.2, -0.15) is 0 Å². The number of piperidine rings is 1. The lowest BCUT2D eigenvalue weighted by Gasteiger charge is -2.34. The average Bonchev–Trinajstić information content (AvgIpc) is 3.20. The minimum Gasteiger partial charge on any atom is -0.396 e. The highest BCUT2D eigenvalue weighted by Crippen LogP contribution is 2.38. The molecule has 1 unspecified atom stereocenters. The van der Waals surface area contributed by atoms with Crippen LogP contribution in [0.5, 0.6) is 0 Å². The van der Waals surface area contributed by atoms with Gasteiger partial charge in [-0.1, -0.05) is 31.7 Å². The lowest BCUT2D eigenvalue weighted by molar-refractivity contribution is -0.140. The second-order valence-electron chi connectivity index (χ2n) is 7.96. The molecule has 0 aromatic carbocycles. The number of aliphatic hydroxyl groups excluding tert-OH is 1. The Bertz CT molecular complexity index is 720. The SMILES string of the molecule is O=C1C(c2cccs2)=C(N2CCCC(CO)C2)C(=O)N1C1CCCCCC1. The molecule has 0 radical (unpaired) electrons. The molecule has 5 nitrogen and oxygen atoms in total. The number of likely N-dealkylation sites (tertiary alicyclic amines) is 1. The maximum atomic E-state index is 13.5. The van der Waals surface area contributed by atoms with Gasteiger partial charge in [0.2, 0.25) is 0 Å². The molecule has 2 amide bonds. The molecular weight excluding hydrogens is 360 g/mol. The molecule has 1 saturated heterocycles. The van der Waals surface area contributed by atoms with Crippen molar-refractivity contribution >= 4 is 28.7 Å². The van der Waals surface area contributed by atoms with Crippen LogP contribution in [0.1, 0.15) is 56.2 Å². The van der Waals surface area contributed by atoms with E-state index in [1.54, 1.807) is 4.90 Å². The molecule has 1 aliphatic carbocycles. The van der Waals surface area contributed by atoms with E-state index < -0.39 is 0 Å². The predicted octanol–water partition coefficient (Wildman–Crippen LogP) is 3.26. The topological polar surface area (TPSA) is 60.9 Å². The van der Waals surface area contributed by atoms with Crippen molar-refractivity contribution in [3.63, 3.8) is 0 Å². The quantitative estimate of drug-likeness (QED) is 0.635. The van der Waals surface area contributed by atoms with Crippen molar-refractivity contribution in [2.75, 3.05) is 19.7 Å².